The number of nitrogens with zero attached hydrogens (tertiary/aromatic N) is 3. The molecule has 0 aliphatic carbocycles. The van der Waals surface area contributed by atoms with Crippen LogP contribution >= 0.6 is 0 Å². The summed E-state index contributed by atoms with van der Waals surface area (Å²) in [5, 5.41) is 13.7. The second-order valence-electron chi connectivity index (χ2n) is 3.54. The van der Waals surface area contributed by atoms with Crippen LogP contribution in [-0.2, 0) is 6.54 Å². The number of nitrogen functional groups attached to an aromatic ring is 1. The molecule has 1 aromatic heterocycles. The Morgan fingerprint density at radius 2 is 2.11 bits per heavy atom. The van der Waals surface area contributed by atoms with Crippen molar-refractivity contribution in [2.24, 2.45) is 0 Å². The summed E-state index contributed by atoms with van der Waals surface area (Å²) in [6, 6.07) is 8.06. The molecule has 1 heterocycles. The van der Waals surface area contributed by atoms with E-state index >= 15 is 0 Å². The van der Waals surface area contributed by atoms with E-state index in [-0.39, 0.29) is 12.2 Å². The number of nitro benzene ring substituents is 1. The summed E-state index contributed by atoms with van der Waals surface area (Å²) < 4.78 is 0. The Kier molecular flexibility index (Phi) is 3.33. The zero-order valence-electron chi connectivity index (χ0n) is 9.41. The molecule has 0 fully saturated rings. The zero-order chi connectivity index (χ0) is 13.0. The van der Waals surface area contributed by atoms with Crippen LogP contribution in [0.2, 0.25) is 0 Å². The standard InChI is InChI=1S/C11H11N5O2/c12-10-5-6-13-11(15-10)14-7-8-3-1-2-4-9(8)16(17)18/h1-6H,7H2,(H3,12,13,14,15). The maximum absolute atomic E-state index is 10.8. The number of hydrogen-bond acceptors (Lipinski definition) is 6. The third kappa shape index (κ3) is 2.70. The van der Waals surface area contributed by atoms with Gasteiger partial charge in [-0.25, -0.2) is 4.98 Å². The lowest BCUT2D eigenvalue weighted by Crippen LogP contribution is -2.06. The van der Waals surface area contributed by atoms with Crippen LogP contribution in [0.25, 0.3) is 0 Å². The maximum atomic E-state index is 10.8. The van der Waals surface area contributed by atoms with Gasteiger partial charge in [-0.2, -0.15) is 4.98 Å². The number of nitrogens with two attached hydrogens (primary N) is 1. The summed E-state index contributed by atoms with van der Waals surface area (Å²) >= 11 is 0. The highest BCUT2D eigenvalue weighted by atomic mass is 16.6. The Morgan fingerprint density at radius 1 is 1.33 bits per heavy atom. The smallest absolute Gasteiger partial charge is 0.274 e. The monoisotopic (exact) mass is 245 g/mol. The average molecular weight is 245 g/mol. The van der Waals surface area contributed by atoms with Crippen molar-refractivity contribution in [3.63, 3.8) is 0 Å². The van der Waals surface area contributed by atoms with E-state index in [0.717, 1.165) is 0 Å². The Labute approximate surface area is 103 Å². The van der Waals surface area contributed by atoms with Gasteiger partial charge in [0.1, 0.15) is 5.82 Å². The number of nitro groups is 1. The molecule has 7 nitrogen and oxygen atoms in total. The number of aromatic nitrogens is 2. The quantitative estimate of drug-likeness (QED) is 0.625. The normalized spacial score (nSPS) is 10.0. The first-order chi connectivity index (χ1) is 8.66. The first-order valence-electron chi connectivity index (χ1n) is 5.21. The van der Waals surface area contributed by atoms with Crippen LogP contribution in [0, 0.1) is 10.1 Å². The molecular formula is C11H11N5O2. The predicted octanol–water partition coefficient (Wildman–Crippen LogP) is 1.58. The SMILES string of the molecule is Nc1ccnc(NCc2ccccc2[N+](=O)[O-])n1. The highest BCUT2D eigenvalue weighted by Crippen LogP contribution is 2.18. The zero-order valence-corrected chi connectivity index (χ0v) is 9.41. The fourth-order valence-electron chi connectivity index (χ4n) is 1.47. The van der Waals surface area contributed by atoms with E-state index in [1.54, 1.807) is 24.3 Å². The predicted molar refractivity (Wildman–Crippen MR) is 66.9 cm³/mol. The molecule has 0 spiro atoms. The molecule has 0 saturated heterocycles. The first kappa shape index (κ1) is 11.8. The van der Waals surface area contributed by atoms with Gasteiger partial charge in [-0.15, -0.1) is 0 Å². The molecule has 92 valence electrons. The van der Waals surface area contributed by atoms with Crippen molar-refractivity contribution < 1.29 is 4.92 Å². The minimum Gasteiger partial charge on any atom is -0.384 e. The molecule has 0 saturated carbocycles. The summed E-state index contributed by atoms with van der Waals surface area (Å²) in [6.07, 6.45) is 1.52. The number of anilines is 2. The van der Waals surface area contributed by atoms with Crippen molar-refractivity contribution in [2.75, 3.05) is 11.1 Å². The van der Waals surface area contributed by atoms with Gasteiger partial charge in [0, 0.05) is 24.4 Å². The molecule has 18 heavy (non-hydrogen) atoms. The highest BCUT2D eigenvalue weighted by Gasteiger charge is 2.11. The third-order valence-electron chi connectivity index (χ3n) is 2.30. The topological polar surface area (TPSA) is 107 Å². The molecule has 0 aliphatic rings. The lowest BCUT2D eigenvalue weighted by atomic mass is 10.2. The van der Waals surface area contributed by atoms with Crippen molar-refractivity contribution in [1.29, 1.82) is 0 Å². The van der Waals surface area contributed by atoms with E-state index in [1.807, 2.05) is 0 Å². The second kappa shape index (κ2) is 5.09. The molecule has 0 amide bonds. The lowest BCUT2D eigenvalue weighted by molar-refractivity contribution is -0.385. The van der Waals surface area contributed by atoms with E-state index in [1.165, 1.54) is 12.3 Å². The van der Waals surface area contributed by atoms with Gasteiger partial charge in [0.25, 0.3) is 5.69 Å². The Balaban J connectivity index is 2.13. The molecule has 3 N–H and O–H groups in total. The van der Waals surface area contributed by atoms with Crippen molar-refractivity contribution in [3.05, 3.63) is 52.2 Å². The van der Waals surface area contributed by atoms with E-state index in [4.69, 9.17) is 5.73 Å². The van der Waals surface area contributed by atoms with Gasteiger partial charge in [-0.05, 0) is 6.07 Å². The number of benzene rings is 1. The van der Waals surface area contributed by atoms with E-state index in [0.29, 0.717) is 17.3 Å². The molecule has 0 radical (unpaired) electrons. The molecule has 2 rings (SSSR count). The molecule has 0 unspecified atom stereocenters. The molecule has 2 aromatic rings. The number of hydrogen-bond donors (Lipinski definition) is 2. The van der Waals surface area contributed by atoms with Crippen LogP contribution in [-0.4, -0.2) is 14.9 Å². The molecule has 0 atom stereocenters. The Morgan fingerprint density at radius 3 is 2.83 bits per heavy atom. The summed E-state index contributed by atoms with van der Waals surface area (Å²) in [4.78, 5) is 18.3. The number of rotatable bonds is 4. The third-order valence-corrected chi connectivity index (χ3v) is 2.30. The van der Waals surface area contributed by atoms with Crippen LogP contribution in [0.3, 0.4) is 0 Å². The van der Waals surface area contributed by atoms with Gasteiger partial charge < -0.3 is 11.1 Å². The lowest BCUT2D eigenvalue weighted by Gasteiger charge is -2.05. The minimum absolute atomic E-state index is 0.0638. The fraction of sp³-hybridized carbons (Fsp3) is 0.0909. The second-order valence-corrected chi connectivity index (χ2v) is 3.54. The Hall–Kier alpha value is -2.70. The van der Waals surface area contributed by atoms with Gasteiger partial charge in [-0.1, -0.05) is 18.2 Å². The van der Waals surface area contributed by atoms with Crippen molar-refractivity contribution >= 4 is 17.5 Å². The van der Waals surface area contributed by atoms with Gasteiger partial charge in [0.15, 0.2) is 0 Å². The van der Waals surface area contributed by atoms with Crippen molar-refractivity contribution in [3.8, 4) is 0 Å². The van der Waals surface area contributed by atoms with Crippen LogP contribution < -0.4 is 11.1 Å². The summed E-state index contributed by atoms with van der Waals surface area (Å²) in [5.41, 5.74) is 6.13. The summed E-state index contributed by atoms with van der Waals surface area (Å²) in [5.74, 6) is 0.684. The van der Waals surface area contributed by atoms with Gasteiger partial charge in [-0.3, -0.25) is 10.1 Å². The fourth-order valence-corrected chi connectivity index (χ4v) is 1.47. The minimum atomic E-state index is -0.419. The highest BCUT2D eigenvalue weighted by molar-refractivity contribution is 5.43. The maximum Gasteiger partial charge on any atom is 0.274 e. The van der Waals surface area contributed by atoms with Crippen LogP contribution in [0.15, 0.2) is 36.5 Å². The van der Waals surface area contributed by atoms with Crippen molar-refractivity contribution in [1.82, 2.24) is 9.97 Å². The Bertz CT molecular complexity index is 573. The van der Waals surface area contributed by atoms with E-state index in [9.17, 15) is 10.1 Å². The molecule has 0 aliphatic heterocycles. The van der Waals surface area contributed by atoms with Crippen molar-refractivity contribution in [2.45, 2.75) is 6.54 Å². The first-order valence-corrected chi connectivity index (χ1v) is 5.21. The number of para-hydroxylation sites is 1. The largest absolute Gasteiger partial charge is 0.384 e. The van der Waals surface area contributed by atoms with Crippen LogP contribution in [0.1, 0.15) is 5.56 Å². The molecule has 7 heteroatoms. The summed E-state index contributed by atoms with van der Waals surface area (Å²) in [7, 11) is 0. The number of nitrogens with one attached hydrogen (secondary N) is 1. The molecular weight excluding hydrogens is 234 g/mol. The summed E-state index contributed by atoms with van der Waals surface area (Å²) in [6.45, 7) is 0.264. The van der Waals surface area contributed by atoms with Gasteiger partial charge in [0.05, 0.1) is 4.92 Å². The van der Waals surface area contributed by atoms with Crippen LogP contribution in [0.5, 0.6) is 0 Å². The van der Waals surface area contributed by atoms with Crippen LogP contribution in [0.4, 0.5) is 17.5 Å². The average Bonchev–Trinajstić information content (AvgIpc) is 2.37. The van der Waals surface area contributed by atoms with Gasteiger partial charge >= 0.3 is 0 Å². The van der Waals surface area contributed by atoms with E-state index in [2.05, 4.69) is 15.3 Å². The molecule has 0 bridgehead atoms. The molecule has 1 aromatic carbocycles. The van der Waals surface area contributed by atoms with E-state index < -0.39 is 4.92 Å². The van der Waals surface area contributed by atoms with Gasteiger partial charge in [0.2, 0.25) is 5.95 Å².